The number of rotatable bonds is 7. The largest absolute Gasteiger partial charge is 0.472 e. The first-order valence-electron chi connectivity index (χ1n) is 7.23. The average Bonchev–Trinajstić information content (AvgIpc) is 3.11. The fourth-order valence-corrected chi connectivity index (χ4v) is 2.05. The van der Waals surface area contributed by atoms with Gasteiger partial charge in [0, 0.05) is 18.3 Å². The molecule has 8 heteroatoms. The Kier molecular flexibility index (Phi) is 5.13. The number of amides is 1. The number of aromatic nitrogens is 4. The molecule has 0 aliphatic heterocycles. The van der Waals surface area contributed by atoms with Gasteiger partial charge in [0.2, 0.25) is 5.91 Å². The Morgan fingerprint density at radius 1 is 1.41 bits per heavy atom. The average molecular weight is 307 g/mol. The third-order valence-corrected chi connectivity index (χ3v) is 3.26. The van der Waals surface area contributed by atoms with Gasteiger partial charge >= 0.3 is 0 Å². The lowest BCUT2D eigenvalue weighted by Crippen LogP contribution is -2.34. The monoisotopic (exact) mass is 307 g/mol. The fourth-order valence-electron chi connectivity index (χ4n) is 2.05. The Labute approximate surface area is 128 Å². The molecule has 0 fully saturated rings. The maximum Gasteiger partial charge on any atom is 0.278 e. The van der Waals surface area contributed by atoms with Gasteiger partial charge in [0.05, 0.1) is 6.54 Å². The molecule has 0 saturated heterocycles. The highest BCUT2D eigenvalue weighted by Crippen LogP contribution is 2.17. The molecular weight excluding hydrogens is 286 g/mol. The second kappa shape index (κ2) is 7.06. The highest BCUT2D eigenvalue weighted by atomic mass is 16.6. The van der Waals surface area contributed by atoms with Crippen molar-refractivity contribution in [2.24, 2.45) is 0 Å². The number of carbonyl (C=O) groups excluding carboxylic acids is 1. The van der Waals surface area contributed by atoms with Gasteiger partial charge in [0.1, 0.15) is 24.2 Å². The van der Waals surface area contributed by atoms with Gasteiger partial charge in [-0.2, -0.15) is 0 Å². The van der Waals surface area contributed by atoms with Gasteiger partial charge in [0.25, 0.3) is 5.88 Å². The van der Waals surface area contributed by atoms with Gasteiger partial charge in [-0.3, -0.25) is 4.79 Å². The molecule has 120 valence electrons. The predicted octanol–water partition coefficient (Wildman–Crippen LogP) is 1.45. The van der Waals surface area contributed by atoms with E-state index in [0.29, 0.717) is 24.7 Å². The summed E-state index contributed by atoms with van der Waals surface area (Å²) in [5.74, 6) is 1.41. The Morgan fingerprint density at radius 2 is 2.18 bits per heavy atom. The number of ether oxygens (including phenoxy) is 1. The molecule has 0 spiro atoms. The molecule has 8 nitrogen and oxygen atoms in total. The van der Waals surface area contributed by atoms with Crippen molar-refractivity contribution < 1.29 is 14.2 Å². The molecule has 1 N–H and O–H groups in total. The number of hydrogen-bond acceptors (Lipinski definition) is 6. The zero-order valence-electron chi connectivity index (χ0n) is 13.2. The van der Waals surface area contributed by atoms with E-state index in [4.69, 9.17) is 4.74 Å². The van der Waals surface area contributed by atoms with E-state index >= 15 is 0 Å². The maximum absolute atomic E-state index is 12.2. The van der Waals surface area contributed by atoms with Crippen molar-refractivity contribution in [3.8, 4) is 5.88 Å². The van der Waals surface area contributed by atoms with Gasteiger partial charge in [-0.25, -0.2) is 9.61 Å². The predicted molar refractivity (Wildman–Crippen MR) is 78.6 cm³/mol. The summed E-state index contributed by atoms with van der Waals surface area (Å²) < 4.78 is 11.8. The first kappa shape index (κ1) is 16.0. The molecule has 0 aliphatic carbocycles. The summed E-state index contributed by atoms with van der Waals surface area (Å²) in [6, 6.07) is -0.324. The molecule has 1 amide bonds. The first-order chi connectivity index (χ1) is 10.5. The summed E-state index contributed by atoms with van der Waals surface area (Å²) in [4.78, 5) is 16.5. The summed E-state index contributed by atoms with van der Waals surface area (Å²) in [5.41, 5.74) is 0.583. The van der Waals surface area contributed by atoms with Crippen LogP contribution in [0, 0.1) is 6.92 Å². The molecule has 2 rings (SSSR count). The van der Waals surface area contributed by atoms with Crippen LogP contribution in [-0.4, -0.2) is 38.9 Å². The van der Waals surface area contributed by atoms with E-state index in [1.807, 2.05) is 31.5 Å². The quantitative estimate of drug-likeness (QED) is 0.778. The minimum Gasteiger partial charge on any atom is -0.472 e. The molecule has 0 unspecified atom stereocenters. The van der Waals surface area contributed by atoms with Crippen LogP contribution in [0.3, 0.4) is 0 Å². The van der Waals surface area contributed by atoms with E-state index in [9.17, 15) is 4.79 Å². The van der Waals surface area contributed by atoms with E-state index in [1.165, 1.54) is 0 Å². The Hall–Kier alpha value is -2.38. The zero-order chi connectivity index (χ0) is 16.1. The van der Waals surface area contributed by atoms with Crippen LogP contribution in [0.5, 0.6) is 5.88 Å². The third kappa shape index (κ3) is 3.63. The van der Waals surface area contributed by atoms with Crippen LogP contribution >= 0.6 is 0 Å². The molecule has 2 heterocycles. The van der Waals surface area contributed by atoms with Crippen LogP contribution in [0.1, 0.15) is 44.2 Å². The lowest BCUT2D eigenvalue weighted by atomic mass is 10.2. The minimum absolute atomic E-state index is 0.0847. The molecule has 0 saturated carbocycles. The van der Waals surface area contributed by atoms with E-state index in [1.54, 1.807) is 13.1 Å². The number of nitrogens with one attached hydrogen (secondary N) is 1. The van der Waals surface area contributed by atoms with E-state index < -0.39 is 0 Å². The molecule has 2 aromatic heterocycles. The minimum atomic E-state index is -0.324. The van der Waals surface area contributed by atoms with Crippen molar-refractivity contribution >= 4 is 5.91 Å². The normalized spacial score (nSPS) is 12.4. The van der Waals surface area contributed by atoms with Crippen molar-refractivity contribution in [1.29, 1.82) is 0 Å². The molecule has 2 aromatic rings. The molecule has 0 bridgehead atoms. The molecule has 22 heavy (non-hydrogen) atoms. The van der Waals surface area contributed by atoms with Gasteiger partial charge in [-0.15, -0.1) is 0 Å². The van der Waals surface area contributed by atoms with Gasteiger partial charge < -0.3 is 14.6 Å². The number of imidazole rings is 1. The van der Waals surface area contributed by atoms with Crippen molar-refractivity contribution in [3.63, 3.8) is 0 Å². The number of hydrogen-bond donors (Lipinski definition) is 1. The number of aryl methyl sites for hydroxylation is 1. The second-order valence-corrected chi connectivity index (χ2v) is 5.32. The Bertz CT molecular complexity index is 620. The van der Waals surface area contributed by atoms with E-state index in [2.05, 4.69) is 25.2 Å². The lowest BCUT2D eigenvalue weighted by Gasteiger charge is -2.17. The number of nitrogens with zero attached hydrogens (tertiary/aromatic N) is 4. The highest BCUT2D eigenvalue weighted by Gasteiger charge is 2.18. The van der Waals surface area contributed by atoms with Crippen LogP contribution in [0.4, 0.5) is 0 Å². The third-order valence-electron chi connectivity index (χ3n) is 3.26. The smallest absolute Gasteiger partial charge is 0.278 e. The molecule has 0 radical (unpaired) electrons. The Morgan fingerprint density at radius 3 is 2.82 bits per heavy atom. The first-order valence-corrected chi connectivity index (χ1v) is 7.23. The maximum atomic E-state index is 12.2. The summed E-state index contributed by atoms with van der Waals surface area (Å²) >= 11 is 0. The van der Waals surface area contributed by atoms with Gasteiger partial charge in [0.15, 0.2) is 0 Å². The van der Waals surface area contributed by atoms with Crippen LogP contribution in [0.25, 0.3) is 0 Å². The van der Waals surface area contributed by atoms with Gasteiger partial charge in [-0.05, 0) is 19.0 Å². The van der Waals surface area contributed by atoms with E-state index in [-0.39, 0.29) is 17.9 Å². The summed E-state index contributed by atoms with van der Waals surface area (Å²) in [5, 5.41) is 10.0. The van der Waals surface area contributed by atoms with Crippen LogP contribution in [0.2, 0.25) is 0 Å². The van der Waals surface area contributed by atoms with Crippen molar-refractivity contribution in [1.82, 2.24) is 25.2 Å². The molecule has 1 atom stereocenters. The number of carbonyl (C=O) groups is 1. The van der Waals surface area contributed by atoms with Crippen LogP contribution in [0.15, 0.2) is 17.0 Å². The van der Waals surface area contributed by atoms with Crippen LogP contribution < -0.4 is 10.1 Å². The lowest BCUT2D eigenvalue weighted by molar-refractivity contribution is -0.124. The standard InChI is InChI=1S/C14H21N5O3/c1-9(2)12-15-5-7-19(12)11(4)13(20)16-6-8-21-14-10(3)17-22-18-14/h5,7,9,11H,6,8H2,1-4H3,(H,16,20)/t11-/m0/s1. The van der Waals surface area contributed by atoms with Crippen LogP contribution in [-0.2, 0) is 4.79 Å². The van der Waals surface area contributed by atoms with E-state index in [0.717, 1.165) is 5.82 Å². The van der Waals surface area contributed by atoms with Crippen molar-refractivity contribution in [3.05, 3.63) is 23.9 Å². The SMILES string of the molecule is Cc1nonc1OCCNC(=O)[C@H](C)n1ccnc1C(C)C. The summed E-state index contributed by atoms with van der Waals surface area (Å²) in [6.07, 6.45) is 3.53. The summed E-state index contributed by atoms with van der Waals surface area (Å²) in [6.45, 7) is 8.35. The topological polar surface area (TPSA) is 95.1 Å². The molecular formula is C14H21N5O3. The fraction of sp³-hybridized carbons (Fsp3) is 0.571. The van der Waals surface area contributed by atoms with Crippen molar-refractivity contribution in [2.45, 2.75) is 39.7 Å². The highest BCUT2D eigenvalue weighted by molar-refractivity contribution is 5.79. The molecule has 0 aromatic carbocycles. The Balaban J connectivity index is 1.82. The summed E-state index contributed by atoms with van der Waals surface area (Å²) in [7, 11) is 0. The molecule has 0 aliphatic rings. The van der Waals surface area contributed by atoms with Crippen molar-refractivity contribution in [2.75, 3.05) is 13.2 Å². The zero-order valence-corrected chi connectivity index (χ0v) is 13.2. The van der Waals surface area contributed by atoms with Gasteiger partial charge in [-0.1, -0.05) is 19.0 Å². The second-order valence-electron chi connectivity index (χ2n) is 5.32.